The summed E-state index contributed by atoms with van der Waals surface area (Å²) in [6, 6.07) is 58.2. The summed E-state index contributed by atoms with van der Waals surface area (Å²) in [5.74, 6) is 0. The Morgan fingerprint density at radius 2 is 0.812 bits per heavy atom. The smallest absolute Gasteiger partial charge is 0.152 e. The molecule has 0 aliphatic rings. The molecule has 48 heavy (non-hydrogen) atoms. The molecule has 0 saturated carbocycles. The Kier molecular flexibility index (Phi) is 7.71. The van der Waals surface area contributed by atoms with Gasteiger partial charge in [-0.2, -0.15) is 0 Å². The van der Waals surface area contributed by atoms with E-state index in [1.165, 1.54) is 71.2 Å². The van der Waals surface area contributed by atoms with E-state index in [9.17, 15) is 0 Å². The monoisotopic (exact) mass is 655 g/mol. The quantitative estimate of drug-likeness (QED) is 0.0696. The lowest BCUT2D eigenvalue weighted by atomic mass is 9.91. The van der Waals surface area contributed by atoms with Gasteiger partial charge in [-0.1, -0.05) is 110 Å². The zero-order valence-electron chi connectivity index (χ0n) is 27.9. The SMILES string of the molecule is C[SH+]c1ccc(N(c2ccccc2)c2ccc3ccc4c(N(c5ccccc5)c5ccc([Si](C)(C)C)cc5)ccc5ccc2c3c54)cc1. The third-order valence-corrected chi connectivity index (χ3v) is 12.4. The number of nitrogens with zero attached hydrogens (tertiary/aromatic N) is 2. The van der Waals surface area contributed by atoms with Gasteiger partial charge in [0.2, 0.25) is 0 Å². The van der Waals surface area contributed by atoms with Crippen LogP contribution in [0.15, 0.2) is 163 Å². The van der Waals surface area contributed by atoms with E-state index < -0.39 is 8.07 Å². The minimum atomic E-state index is -1.43. The Morgan fingerprint density at radius 1 is 0.417 bits per heavy atom. The van der Waals surface area contributed by atoms with Gasteiger partial charge in [0.15, 0.2) is 4.90 Å². The number of anilines is 6. The molecule has 0 N–H and O–H groups in total. The summed E-state index contributed by atoms with van der Waals surface area (Å²) in [5, 5.41) is 9.07. The van der Waals surface area contributed by atoms with Crippen LogP contribution in [-0.4, -0.2) is 14.3 Å². The van der Waals surface area contributed by atoms with Gasteiger partial charge in [0, 0.05) is 45.3 Å². The largest absolute Gasteiger partial charge is 0.310 e. The lowest BCUT2D eigenvalue weighted by molar-refractivity contribution is 1.28. The Morgan fingerprint density at radius 3 is 1.23 bits per heavy atom. The first-order valence-corrected chi connectivity index (χ1v) is 21.5. The van der Waals surface area contributed by atoms with Gasteiger partial charge >= 0.3 is 0 Å². The number of hydrogen-bond acceptors (Lipinski definition) is 2. The van der Waals surface area contributed by atoms with Crippen LogP contribution in [-0.2, 0) is 11.8 Å². The molecule has 0 radical (unpaired) electrons. The van der Waals surface area contributed by atoms with Gasteiger partial charge in [0.05, 0.1) is 19.4 Å². The van der Waals surface area contributed by atoms with Crippen LogP contribution >= 0.6 is 0 Å². The lowest BCUT2D eigenvalue weighted by Gasteiger charge is -2.29. The van der Waals surface area contributed by atoms with Crippen molar-refractivity contribution in [3.63, 3.8) is 0 Å². The van der Waals surface area contributed by atoms with Crippen LogP contribution in [0, 0.1) is 0 Å². The highest BCUT2D eigenvalue weighted by atomic mass is 32.2. The van der Waals surface area contributed by atoms with E-state index in [1.807, 2.05) is 0 Å². The fourth-order valence-electron chi connectivity index (χ4n) is 7.03. The molecule has 0 fully saturated rings. The molecule has 0 bridgehead atoms. The summed E-state index contributed by atoms with van der Waals surface area (Å²) < 4.78 is 0. The summed E-state index contributed by atoms with van der Waals surface area (Å²) in [7, 11) is -1.43. The number of thiol groups is 1. The Bertz CT molecular complexity index is 2350. The Hall–Kier alpha value is -5.03. The standard InChI is InChI=1S/C44H38N2SSi/c1-47-37-23-19-35(20-24-37)45(33-11-7-5-8-12-33)41-29-17-31-16-28-40-42(30-18-32-15-27-39(41)43(31)44(32)40)46(34-13-9-6-10-14-34)36-21-25-38(26-22-36)48(2,3)4/h5-30H,1-4H3/p+1. The molecule has 0 amide bonds. The van der Waals surface area contributed by atoms with Crippen molar-refractivity contribution in [2.45, 2.75) is 24.5 Å². The van der Waals surface area contributed by atoms with E-state index in [2.05, 4.69) is 193 Å². The van der Waals surface area contributed by atoms with E-state index in [0.717, 1.165) is 17.1 Å². The third-order valence-electron chi connectivity index (χ3n) is 9.49. The third kappa shape index (κ3) is 5.31. The first kappa shape index (κ1) is 30.3. The second-order valence-electron chi connectivity index (χ2n) is 13.5. The predicted molar refractivity (Wildman–Crippen MR) is 215 cm³/mol. The maximum atomic E-state index is 2.42. The molecule has 234 valence electrons. The zero-order valence-corrected chi connectivity index (χ0v) is 29.7. The summed E-state index contributed by atoms with van der Waals surface area (Å²) in [6.45, 7) is 7.22. The maximum Gasteiger partial charge on any atom is 0.152 e. The van der Waals surface area contributed by atoms with Crippen molar-refractivity contribution in [3.05, 3.63) is 158 Å². The number of hydrogen-bond donors (Lipinski definition) is 0. The van der Waals surface area contributed by atoms with Crippen molar-refractivity contribution >= 4 is 91.5 Å². The molecule has 0 aliphatic carbocycles. The number of benzene rings is 8. The molecular weight excluding hydrogens is 617 g/mol. The van der Waals surface area contributed by atoms with E-state index in [-0.39, 0.29) is 0 Å². The molecule has 4 heteroatoms. The second-order valence-corrected chi connectivity index (χ2v) is 19.5. The first-order chi connectivity index (χ1) is 23.4. The zero-order chi connectivity index (χ0) is 32.8. The summed E-state index contributed by atoms with van der Waals surface area (Å²) in [4.78, 5) is 6.14. The van der Waals surface area contributed by atoms with Gasteiger partial charge in [-0.05, 0) is 94.3 Å². The highest BCUT2D eigenvalue weighted by Gasteiger charge is 2.22. The summed E-state index contributed by atoms with van der Waals surface area (Å²) in [5.41, 5.74) is 6.98. The van der Waals surface area contributed by atoms with Gasteiger partial charge < -0.3 is 9.80 Å². The first-order valence-electron chi connectivity index (χ1n) is 16.6. The fraction of sp³-hybridized carbons (Fsp3) is 0.0909. The minimum Gasteiger partial charge on any atom is -0.310 e. The maximum absolute atomic E-state index is 2.42. The van der Waals surface area contributed by atoms with E-state index in [1.54, 1.807) is 0 Å². The molecule has 0 unspecified atom stereocenters. The number of para-hydroxylation sites is 2. The average molecular weight is 656 g/mol. The molecule has 8 aromatic rings. The molecular formula is C44H39N2SSi+. The molecule has 0 spiro atoms. The topological polar surface area (TPSA) is 6.48 Å². The number of rotatable bonds is 8. The van der Waals surface area contributed by atoms with Crippen molar-refractivity contribution in [2.75, 3.05) is 16.1 Å². The Balaban J connectivity index is 1.37. The van der Waals surface area contributed by atoms with Crippen LogP contribution in [0.5, 0.6) is 0 Å². The van der Waals surface area contributed by atoms with E-state index >= 15 is 0 Å². The van der Waals surface area contributed by atoms with Crippen LogP contribution in [0.1, 0.15) is 0 Å². The van der Waals surface area contributed by atoms with Crippen molar-refractivity contribution < 1.29 is 0 Å². The Labute approximate surface area is 288 Å². The molecule has 8 aromatic carbocycles. The molecule has 0 atom stereocenters. The molecule has 0 aliphatic heterocycles. The molecule has 2 nitrogen and oxygen atoms in total. The van der Waals surface area contributed by atoms with Gasteiger partial charge in [-0.25, -0.2) is 0 Å². The summed E-state index contributed by atoms with van der Waals surface area (Å²) in [6.07, 6.45) is 2.18. The molecule has 0 aromatic heterocycles. The average Bonchev–Trinajstić information content (AvgIpc) is 3.13. The van der Waals surface area contributed by atoms with Gasteiger partial charge in [0.25, 0.3) is 0 Å². The molecule has 8 rings (SSSR count). The van der Waals surface area contributed by atoms with E-state index in [4.69, 9.17) is 0 Å². The van der Waals surface area contributed by atoms with Crippen molar-refractivity contribution in [2.24, 2.45) is 0 Å². The highest BCUT2D eigenvalue weighted by molar-refractivity contribution is 7.77. The lowest BCUT2D eigenvalue weighted by Crippen LogP contribution is -2.37. The normalized spacial score (nSPS) is 11.8. The van der Waals surface area contributed by atoms with Crippen LogP contribution in [0.3, 0.4) is 0 Å². The molecule has 0 heterocycles. The van der Waals surface area contributed by atoms with Crippen LogP contribution < -0.4 is 15.0 Å². The van der Waals surface area contributed by atoms with Crippen molar-refractivity contribution in [3.8, 4) is 0 Å². The van der Waals surface area contributed by atoms with Gasteiger partial charge in [-0.15, -0.1) is 0 Å². The fourth-order valence-corrected chi connectivity index (χ4v) is 8.64. The van der Waals surface area contributed by atoms with Gasteiger partial charge in [0.1, 0.15) is 6.26 Å². The second kappa shape index (κ2) is 12.2. The highest BCUT2D eigenvalue weighted by Crippen LogP contribution is 2.47. The van der Waals surface area contributed by atoms with E-state index in [0.29, 0.717) is 0 Å². The van der Waals surface area contributed by atoms with Gasteiger partial charge in [-0.3, -0.25) is 0 Å². The summed E-state index contributed by atoms with van der Waals surface area (Å²) >= 11 is 1.27. The van der Waals surface area contributed by atoms with Crippen molar-refractivity contribution in [1.29, 1.82) is 0 Å². The molecule has 0 saturated heterocycles. The van der Waals surface area contributed by atoms with Crippen LogP contribution in [0.2, 0.25) is 19.6 Å². The van der Waals surface area contributed by atoms with Crippen molar-refractivity contribution in [1.82, 2.24) is 0 Å². The van der Waals surface area contributed by atoms with Crippen LogP contribution in [0.4, 0.5) is 34.1 Å². The minimum absolute atomic E-state index is 1.15. The van der Waals surface area contributed by atoms with Crippen LogP contribution in [0.25, 0.3) is 32.3 Å². The predicted octanol–water partition coefficient (Wildman–Crippen LogP) is 11.9.